The van der Waals surface area contributed by atoms with Crippen LogP contribution in [0.1, 0.15) is 28.8 Å². The van der Waals surface area contributed by atoms with E-state index in [4.69, 9.17) is 5.21 Å². The molecule has 0 atom stereocenters. The van der Waals surface area contributed by atoms with Crippen LogP contribution in [0, 0.1) is 16.0 Å². The topological polar surface area (TPSA) is 138 Å². The maximum atomic E-state index is 11.4. The van der Waals surface area contributed by atoms with Crippen LogP contribution in [0.5, 0.6) is 0 Å². The average molecular weight is 439 g/mol. The Balaban J connectivity index is 1.30. The first-order chi connectivity index (χ1) is 15.5. The normalized spacial score (nSPS) is 14.6. The van der Waals surface area contributed by atoms with Crippen molar-refractivity contribution in [2.24, 2.45) is 13.0 Å². The van der Waals surface area contributed by atoms with Crippen molar-refractivity contribution in [3.05, 3.63) is 58.0 Å². The number of carbonyl (C=O) groups is 1. The van der Waals surface area contributed by atoms with Gasteiger partial charge in [0.25, 0.3) is 11.6 Å². The van der Waals surface area contributed by atoms with Crippen molar-refractivity contribution in [3.63, 3.8) is 0 Å². The predicted octanol–water partition coefficient (Wildman–Crippen LogP) is 2.00. The molecular formula is C21H25N7O4. The lowest BCUT2D eigenvalue weighted by Crippen LogP contribution is -2.38. The van der Waals surface area contributed by atoms with Gasteiger partial charge >= 0.3 is 0 Å². The fourth-order valence-corrected chi connectivity index (χ4v) is 4.13. The Hall–Kier alpha value is -3.57. The van der Waals surface area contributed by atoms with Gasteiger partial charge in [0.2, 0.25) is 5.95 Å². The number of anilines is 1. The maximum absolute atomic E-state index is 11.4. The first-order valence-electron chi connectivity index (χ1n) is 10.4. The van der Waals surface area contributed by atoms with Gasteiger partial charge in [-0.25, -0.2) is 15.4 Å². The Morgan fingerprint density at radius 1 is 1.28 bits per heavy atom. The Morgan fingerprint density at radius 3 is 2.66 bits per heavy atom. The summed E-state index contributed by atoms with van der Waals surface area (Å²) in [6, 6.07) is 4.96. The molecule has 1 aliphatic heterocycles. The number of hydrogen-bond donors (Lipinski definition) is 3. The van der Waals surface area contributed by atoms with Crippen LogP contribution in [0.4, 0.5) is 11.6 Å². The second-order valence-corrected chi connectivity index (χ2v) is 8.00. The molecule has 1 aromatic carbocycles. The second kappa shape index (κ2) is 9.28. The van der Waals surface area contributed by atoms with E-state index in [0.29, 0.717) is 18.4 Å². The van der Waals surface area contributed by atoms with Crippen LogP contribution in [-0.2, 0) is 13.6 Å². The average Bonchev–Trinajstić information content (AvgIpc) is 3.14. The molecule has 0 saturated carbocycles. The smallest absolute Gasteiger partial charge is 0.277 e. The third-order valence-corrected chi connectivity index (χ3v) is 5.91. The van der Waals surface area contributed by atoms with Gasteiger partial charge in [-0.3, -0.25) is 20.1 Å². The van der Waals surface area contributed by atoms with Gasteiger partial charge in [0.1, 0.15) is 0 Å². The molecule has 168 valence electrons. The van der Waals surface area contributed by atoms with Crippen LogP contribution < -0.4 is 15.7 Å². The number of nitrogens with zero attached hydrogens (tertiary/aromatic N) is 5. The SMILES string of the molecule is Cn1cc(CNCC2CCN(c3ncc(C(=O)NO)cn3)CC2)c2cc([N+](=O)[O-])ccc21. The number of fused-ring (bicyclic) bond motifs is 1. The van der Waals surface area contributed by atoms with E-state index in [0.717, 1.165) is 48.9 Å². The molecule has 0 bridgehead atoms. The number of rotatable bonds is 7. The molecule has 1 amide bonds. The Morgan fingerprint density at radius 2 is 2.00 bits per heavy atom. The minimum atomic E-state index is -0.637. The summed E-state index contributed by atoms with van der Waals surface area (Å²) >= 11 is 0. The molecular weight excluding hydrogens is 414 g/mol. The molecule has 11 heteroatoms. The highest BCUT2D eigenvalue weighted by Gasteiger charge is 2.21. The number of hydroxylamine groups is 1. The number of nitro benzene ring substituents is 1. The van der Waals surface area contributed by atoms with Crippen molar-refractivity contribution in [2.75, 3.05) is 24.5 Å². The van der Waals surface area contributed by atoms with Crippen molar-refractivity contribution in [2.45, 2.75) is 19.4 Å². The van der Waals surface area contributed by atoms with E-state index in [1.165, 1.54) is 18.5 Å². The standard InChI is InChI=1S/C21H25N7O4/c1-26-13-16(18-8-17(28(31)32)2-3-19(18)26)10-22-9-14-4-6-27(7-5-14)21-23-11-15(12-24-21)20(29)25-30/h2-3,8,11-14,22,30H,4-7,9-10H2,1H3,(H,25,29). The van der Waals surface area contributed by atoms with Gasteiger partial charge in [-0.15, -0.1) is 0 Å². The minimum Gasteiger partial charge on any atom is -0.350 e. The molecule has 1 aliphatic rings. The van der Waals surface area contributed by atoms with Crippen molar-refractivity contribution in [1.29, 1.82) is 0 Å². The lowest BCUT2D eigenvalue weighted by Gasteiger charge is -2.32. The quantitative estimate of drug-likeness (QED) is 0.289. The van der Waals surface area contributed by atoms with Crippen molar-refractivity contribution < 1.29 is 14.9 Å². The van der Waals surface area contributed by atoms with Gasteiger partial charge in [0.05, 0.1) is 10.5 Å². The zero-order valence-electron chi connectivity index (χ0n) is 17.7. The number of nitrogens with one attached hydrogen (secondary N) is 2. The summed E-state index contributed by atoms with van der Waals surface area (Å²) in [5, 5.41) is 24.2. The van der Waals surface area contributed by atoms with E-state index < -0.39 is 5.91 Å². The molecule has 0 spiro atoms. The highest BCUT2D eigenvalue weighted by Crippen LogP contribution is 2.26. The van der Waals surface area contributed by atoms with E-state index in [9.17, 15) is 14.9 Å². The van der Waals surface area contributed by atoms with Gasteiger partial charge in [-0.05, 0) is 36.9 Å². The van der Waals surface area contributed by atoms with Crippen LogP contribution in [0.2, 0.25) is 0 Å². The zero-order valence-corrected chi connectivity index (χ0v) is 17.7. The number of nitro groups is 1. The molecule has 1 fully saturated rings. The van der Waals surface area contributed by atoms with E-state index in [-0.39, 0.29) is 16.2 Å². The van der Waals surface area contributed by atoms with E-state index in [1.54, 1.807) is 17.6 Å². The molecule has 0 radical (unpaired) electrons. The van der Waals surface area contributed by atoms with E-state index in [1.807, 2.05) is 17.8 Å². The number of piperidine rings is 1. The molecule has 3 N–H and O–H groups in total. The summed E-state index contributed by atoms with van der Waals surface area (Å²) in [6.45, 7) is 3.14. The van der Waals surface area contributed by atoms with Crippen molar-refractivity contribution in [3.8, 4) is 0 Å². The lowest BCUT2D eigenvalue weighted by molar-refractivity contribution is -0.384. The first kappa shape index (κ1) is 21.7. The third kappa shape index (κ3) is 4.53. The monoisotopic (exact) mass is 439 g/mol. The Bertz CT molecular complexity index is 1120. The lowest BCUT2D eigenvalue weighted by atomic mass is 9.97. The van der Waals surface area contributed by atoms with Crippen LogP contribution in [0.15, 0.2) is 36.8 Å². The fraction of sp³-hybridized carbons (Fsp3) is 0.381. The van der Waals surface area contributed by atoms with Gasteiger partial charge < -0.3 is 14.8 Å². The van der Waals surface area contributed by atoms with E-state index in [2.05, 4.69) is 20.2 Å². The van der Waals surface area contributed by atoms with Crippen LogP contribution in [0.3, 0.4) is 0 Å². The highest BCUT2D eigenvalue weighted by atomic mass is 16.6. The molecule has 0 unspecified atom stereocenters. The summed E-state index contributed by atoms with van der Waals surface area (Å²) in [5.41, 5.74) is 3.89. The summed E-state index contributed by atoms with van der Waals surface area (Å²) < 4.78 is 1.99. The van der Waals surface area contributed by atoms with Gasteiger partial charge in [0, 0.05) is 68.3 Å². The summed E-state index contributed by atoms with van der Waals surface area (Å²) in [4.78, 5) is 32.7. The Kier molecular flexibility index (Phi) is 6.28. The third-order valence-electron chi connectivity index (χ3n) is 5.91. The fourth-order valence-electron chi connectivity index (χ4n) is 4.13. The van der Waals surface area contributed by atoms with Crippen molar-refractivity contribution >= 4 is 28.4 Å². The highest BCUT2D eigenvalue weighted by molar-refractivity contribution is 5.92. The zero-order chi connectivity index (χ0) is 22.7. The van der Waals surface area contributed by atoms with Crippen LogP contribution >= 0.6 is 0 Å². The largest absolute Gasteiger partial charge is 0.350 e. The molecule has 32 heavy (non-hydrogen) atoms. The minimum absolute atomic E-state index is 0.101. The number of carbonyl (C=O) groups excluding carboxylic acids is 1. The maximum Gasteiger partial charge on any atom is 0.277 e. The molecule has 3 aromatic rings. The number of hydrogen-bond acceptors (Lipinski definition) is 8. The van der Waals surface area contributed by atoms with Crippen molar-refractivity contribution in [1.82, 2.24) is 25.3 Å². The number of benzene rings is 1. The summed E-state index contributed by atoms with van der Waals surface area (Å²) in [7, 11) is 1.94. The molecule has 11 nitrogen and oxygen atoms in total. The molecule has 4 rings (SSSR count). The summed E-state index contributed by atoms with van der Waals surface area (Å²) in [6.07, 6.45) is 6.78. The van der Waals surface area contributed by atoms with Gasteiger partial charge in [0.15, 0.2) is 0 Å². The molecule has 2 aromatic heterocycles. The van der Waals surface area contributed by atoms with Gasteiger partial charge in [-0.2, -0.15) is 0 Å². The summed E-state index contributed by atoms with van der Waals surface area (Å²) in [5.74, 6) is 0.445. The molecule has 3 heterocycles. The number of amides is 1. The van der Waals surface area contributed by atoms with E-state index >= 15 is 0 Å². The number of non-ortho nitro benzene ring substituents is 1. The number of aryl methyl sites for hydroxylation is 1. The second-order valence-electron chi connectivity index (χ2n) is 8.00. The molecule has 0 aliphatic carbocycles. The first-order valence-corrected chi connectivity index (χ1v) is 10.4. The Labute approximate surface area is 184 Å². The molecule has 1 saturated heterocycles. The predicted molar refractivity (Wildman–Crippen MR) is 118 cm³/mol. The van der Waals surface area contributed by atoms with Crippen LogP contribution in [-0.4, -0.2) is 50.2 Å². The number of aromatic nitrogens is 3. The van der Waals surface area contributed by atoms with Gasteiger partial charge in [-0.1, -0.05) is 0 Å². The van der Waals surface area contributed by atoms with Crippen LogP contribution in [0.25, 0.3) is 10.9 Å².